The topological polar surface area (TPSA) is 70.2 Å². The number of nitrogens with zero attached hydrogens (tertiary/aromatic N) is 1. The first-order chi connectivity index (χ1) is 12.3. The fraction of sp³-hybridized carbons (Fsp3) is 0.579. The summed E-state index contributed by atoms with van der Waals surface area (Å²) in [6, 6.07) is 6.26. The Hall–Kier alpha value is -2.08. The number of carbonyl (C=O) groups is 1. The van der Waals surface area contributed by atoms with Crippen molar-refractivity contribution < 1.29 is 13.9 Å². The second-order valence-corrected chi connectivity index (χ2v) is 7.10. The number of hydrogen-bond donors (Lipinski definition) is 3. The Morgan fingerprint density at radius 2 is 2.08 bits per heavy atom. The number of fused-ring (bicyclic) bond motifs is 1. The molecule has 0 spiro atoms. The van der Waals surface area contributed by atoms with Crippen LogP contribution in [0.1, 0.15) is 43.1 Å². The maximum absolute atomic E-state index is 12.9. The third kappa shape index (κ3) is 3.63. The largest absolute Gasteiger partial charge is 0.378 e. The minimum Gasteiger partial charge on any atom is -0.378 e. The number of anilines is 1. The van der Waals surface area contributed by atoms with Gasteiger partial charge in [0.15, 0.2) is 5.52 Å². The van der Waals surface area contributed by atoms with Gasteiger partial charge < -0.3 is 10.1 Å². The first-order valence-corrected chi connectivity index (χ1v) is 9.42. The van der Waals surface area contributed by atoms with Gasteiger partial charge in [-0.1, -0.05) is 6.07 Å². The van der Waals surface area contributed by atoms with Gasteiger partial charge in [-0.25, -0.2) is 9.38 Å². The van der Waals surface area contributed by atoms with E-state index >= 15 is 0 Å². The minimum absolute atomic E-state index is 0.00496. The van der Waals surface area contributed by atoms with Crippen LogP contribution >= 0.6 is 0 Å². The van der Waals surface area contributed by atoms with Gasteiger partial charge in [-0.15, -0.1) is 0 Å². The number of imidazole rings is 1. The van der Waals surface area contributed by atoms with Gasteiger partial charge in [-0.3, -0.25) is 10.1 Å². The minimum atomic E-state index is 0.00496. The van der Waals surface area contributed by atoms with E-state index in [-0.39, 0.29) is 5.91 Å². The quantitative estimate of drug-likeness (QED) is 0.482. The van der Waals surface area contributed by atoms with Crippen LogP contribution in [0.5, 0.6) is 0 Å². The fourth-order valence-corrected chi connectivity index (χ4v) is 3.53. The molecule has 0 saturated heterocycles. The van der Waals surface area contributed by atoms with E-state index in [9.17, 15) is 4.79 Å². The highest BCUT2D eigenvalue weighted by Gasteiger charge is 2.42. The Labute approximate surface area is 148 Å². The summed E-state index contributed by atoms with van der Waals surface area (Å²) in [7, 11) is 0. The molecule has 3 N–H and O–H groups in total. The first kappa shape index (κ1) is 16.4. The van der Waals surface area contributed by atoms with Crippen LogP contribution in [0.25, 0.3) is 5.52 Å². The van der Waals surface area contributed by atoms with E-state index < -0.39 is 0 Å². The second-order valence-electron chi connectivity index (χ2n) is 7.10. The summed E-state index contributed by atoms with van der Waals surface area (Å²) in [5.74, 6) is 2.20. The van der Waals surface area contributed by atoms with Crippen molar-refractivity contribution in [2.75, 3.05) is 25.1 Å². The summed E-state index contributed by atoms with van der Waals surface area (Å²) in [5.41, 5.74) is 1.52. The first-order valence-electron chi connectivity index (χ1n) is 9.42. The van der Waals surface area contributed by atoms with Crippen molar-refractivity contribution in [1.29, 1.82) is 0 Å². The van der Waals surface area contributed by atoms with Gasteiger partial charge in [-0.05, 0) is 56.6 Å². The molecule has 25 heavy (non-hydrogen) atoms. The zero-order valence-corrected chi connectivity index (χ0v) is 14.8. The van der Waals surface area contributed by atoms with E-state index in [1.54, 1.807) is 0 Å². The van der Waals surface area contributed by atoms with Crippen LogP contribution < -0.4 is 15.0 Å². The number of carbonyl (C=O) groups excluding carboxylic acids is 1. The Morgan fingerprint density at radius 3 is 2.76 bits per heavy atom. The van der Waals surface area contributed by atoms with Gasteiger partial charge in [0.25, 0.3) is 5.91 Å². The predicted octanol–water partition coefficient (Wildman–Crippen LogP) is 2.12. The maximum atomic E-state index is 12.9. The smallest absolute Gasteiger partial charge is 0.360 e. The lowest BCUT2D eigenvalue weighted by atomic mass is 10.1. The summed E-state index contributed by atoms with van der Waals surface area (Å²) < 4.78 is 7.37. The predicted molar refractivity (Wildman–Crippen MR) is 95.6 cm³/mol. The van der Waals surface area contributed by atoms with Crippen molar-refractivity contribution in [1.82, 2.24) is 10.3 Å². The lowest BCUT2D eigenvalue weighted by molar-refractivity contribution is -0.495. The highest BCUT2D eigenvalue weighted by atomic mass is 16.5. The van der Waals surface area contributed by atoms with Crippen molar-refractivity contribution in [3.63, 3.8) is 0 Å². The maximum Gasteiger partial charge on any atom is 0.360 e. The van der Waals surface area contributed by atoms with E-state index in [0.29, 0.717) is 43.3 Å². The normalized spacial score (nSPS) is 17.2. The zero-order valence-electron chi connectivity index (χ0n) is 14.8. The number of hydrogen-bond acceptors (Lipinski definition) is 3. The number of pyridine rings is 1. The van der Waals surface area contributed by atoms with Crippen molar-refractivity contribution >= 4 is 17.4 Å². The molecule has 0 unspecified atom stereocenters. The molecule has 2 aromatic heterocycles. The molecule has 2 aromatic rings. The Kier molecular flexibility index (Phi) is 4.61. The van der Waals surface area contributed by atoms with Crippen molar-refractivity contribution in [2.24, 2.45) is 11.8 Å². The van der Waals surface area contributed by atoms with Gasteiger partial charge in [0.2, 0.25) is 5.69 Å². The zero-order chi connectivity index (χ0) is 17.2. The summed E-state index contributed by atoms with van der Waals surface area (Å²) in [6.45, 7) is 4.02. The van der Waals surface area contributed by atoms with Crippen LogP contribution in [-0.4, -0.2) is 36.7 Å². The highest BCUT2D eigenvalue weighted by Crippen LogP contribution is 2.44. The summed E-state index contributed by atoms with van der Waals surface area (Å²) in [5, 5.41) is 6.63. The molecule has 0 radical (unpaired) electrons. The van der Waals surface area contributed by atoms with E-state index in [2.05, 4.69) is 15.6 Å². The van der Waals surface area contributed by atoms with E-state index in [0.717, 1.165) is 11.5 Å². The molecular formula is C19H27N4O2+. The SMILES string of the molecule is CCOCCNc1[nH]c(C(=O)NC(C2CC2)C2CC2)c2cccc[n+]12. The molecule has 6 heteroatoms. The Bertz CT molecular complexity index is 737. The summed E-state index contributed by atoms with van der Waals surface area (Å²) in [4.78, 5) is 16.2. The molecule has 6 nitrogen and oxygen atoms in total. The fourth-order valence-electron chi connectivity index (χ4n) is 3.53. The lowest BCUT2D eigenvalue weighted by Crippen LogP contribution is -2.38. The summed E-state index contributed by atoms with van der Waals surface area (Å²) >= 11 is 0. The second kappa shape index (κ2) is 7.04. The standard InChI is InChI=1S/C19H26N4O2/c1-2-25-12-10-20-19-22-17(15-5-3-4-11-23(15)19)18(24)21-16(13-6-7-13)14-8-9-14/h3-5,11,13-14,16H,2,6-10,12H2,1H3,(H2,20,21,22,24)/p+1. The monoisotopic (exact) mass is 343 g/mol. The van der Waals surface area contributed by atoms with Crippen LogP contribution in [-0.2, 0) is 4.74 Å². The highest BCUT2D eigenvalue weighted by molar-refractivity contribution is 5.98. The number of aromatic amines is 1. The molecule has 1 amide bonds. The van der Waals surface area contributed by atoms with Gasteiger partial charge in [-0.2, -0.15) is 0 Å². The number of rotatable bonds is 9. The molecule has 0 atom stereocenters. The number of amides is 1. The molecule has 0 bridgehead atoms. The van der Waals surface area contributed by atoms with Crippen LogP contribution in [0.15, 0.2) is 24.4 Å². The van der Waals surface area contributed by atoms with Crippen molar-refractivity contribution in [2.45, 2.75) is 38.6 Å². The summed E-state index contributed by atoms with van der Waals surface area (Å²) in [6.07, 6.45) is 6.99. The molecule has 0 aliphatic heterocycles. The van der Waals surface area contributed by atoms with Crippen molar-refractivity contribution in [3.8, 4) is 0 Å². The van der Waals surface area contributed by atoms with Gasteiger partial charge in [0, 0.05) is 12.6 Å². The molecule has 0 aromatic carbocycles. The van der Waals surface area contributed by atoms with Crippen LogP contribution in [0.3, 0.4) is 0 Å². The van der Waals surface area contributed by atoms with Crippen molar-refractivity contribution in [3.05, 3.63) is 30.1 Å². The molecule has 2 heterocycles. The number of ether oxygens (including phenoxy) is 1. The molecule has 4 rings (SSSR count). The molecule has 134 valence electrons. The lowest BCUT2D eigenvalue weighted by Gasteiger charge is -2.16. The Morgan fingerprint density at radius 1 is 1.32 bits per heavy atom. The Balaban J connectivity index is 1.52. The van der Waals surface area contributed by atoms with Gasteiger partial charge in [0.1, 0.15) is 0 Å². The number of nitrogens with one attached hydrogen (secondary N) is 3. The van der Waals surface area contributed by atoms with Gasteiger partial charge in [0.05, 0.1) is 19.3 Å². The molecule has 2 aliphatic rings. The number of aromatic nitrogens is 2. The average molecular weight is 343 g/mol. The van der Waals surface area contributed by atoms with E-state index in [4.69, 9.17) is 4.74 Å². The molecule has 2 aliphatic carbocycles. The van der Waals surface area contributed by atoms with Crippen LogP contribution in [0.2, 0.25) is 0 Å². The van der Waals surface area contributed by atoms with Crippen LogP contribution in [0.4, 0.5) is 5.95 Å². The van der Waals surface area contributed by atoms with E-state index in [1.807, 2.05) is 35.7 Å². The average Bonchev–Trinajstić information content (AvgIpc) is 3.54. The molecular weight excluding hydrogens is 316 g/mol. The molecule has 2 saturated carbocycles. The number of H-pyrrole nitrogens is 1. The van der Waals surface area contributed by atoms with Crippen LogP contribution in [0, 0.1) is 11.8 Å². The third-order valence-electron chi connectivity index (χ3n) is 5.13. The third-order valence-corrected chi connectivity index (χ3v) is 5.13. The van der Waals surface area contributed by atoms with Gasteiger partial charge >= 0.3 is 5.95 Å². The van der Waals surface area contributed by atoms with E-state index in [1.165, 1.54) is 25.7 Å². The molecule has 2 fully saturated rings.